The molecule has 0 aliphatic carbocycles. The van der Waals surface area contributed by atoms with Gasteiger partial charge in [0.2, 0.25) is 0 Å². The number of nitrogens with zero attached hydrogens (tertiary/aromatic N) is 1. The zero-order chi connectivity index (χ0) is 15.4. The Morgan fingerprint density at radius 1 is 1.19 bits per heavy atom. The lowest BCUT2D eigenvalue weighted by molar-refractivity contribution is -0.135. The number of hydrogen-bond donors (Lipinski definition) is 2. The van der Waals surface area contributed by atoms with E-state index in [2.05, 4.69) is 0 Å². The maximum absolute atomic E-state index is 13.3. The van der Waals surface area contributed by atoms with Crippen molar-refractivity contribution in [3.05, 3.63) is 59.4 Å². The third-order valence-electron chi connectivity index (χ3n) is 3.04. The molecule has 110 valence electrons. The maximum Gasteiger partial charge on any atom is 0.323 e. The number of halogens is 1. The Kier molecular flexibility index (Phi) is 4.42. The minimum Gasteiger partial charge on any atom is -0.508 e. The Morgan fingerprint density at radius 2 is 1.86 bits per heavy atom. The zero-order valence-electron chi connectivity index (χ0n) is 11.6. The van der Waals surface area contributed by atoms with Crippen LogP contribution in [0.2, 0.25) is 0 Å². The van der Waals surface area contributed by atoms with Gasteiger partial charge >= 0.3 is 5.97 Å². The van der Waals surface area contributed by atoms with Gasteiger partial charge in [-0.2, -0.15) is 0 Å². The van der Waals surface area contributed by atoms with Crippen LogP contribution in [0.1, 0.15) is 11.1 Å². The molecule has 0 amide bonds. The lowest BCUT2D eigenvalue weighted by atomic mass is 10.1. The van der Waals surface area contributed by atoms with Gasteiger partial charge in [0.25, 0.3) is 0 Å². The third-order valence-corrected chi connectivity index (χ3v) is 3.04. The second kappa shape index (κ2) is 6.26. The Balaban J connectivity index is 2.27. The first-order valence-corrected chi connectivity index (χ1v) is 6.46. The van der Waals surface area contributed by atoms with E-state index in [0.29, 0.717) is 5.56 Å². The predicted molar refractivity (Wildman–Crippen MR) is 77.9 cm³/mol. The van der Waals surface area contributed by atoms with Crippen molar-refractivity contribution in [1.82, 2.24) is 0 Å². The van der Waals surface area contributed by atoms with Gasteiger partial charge in [-0.3, -0.25) is 4.79 Å². The molecule has 0 fully saturated rings. The topological polar surface area (TPSA) is 60.8 Å². The Hall–Kier alpha value is -2.56. The molecule has 21 heavy (non-hydrogen) atoms. The van der Waals surface area contributed by atoms with Gasteiger partial charge < -0.3 is 15.1 Å². The Morgan fingerprint density at radius 3 is 2.43 bits per heavy atom. The van der Waals surface area contributed by atoms with Crippen molar-refractivity contribution < 1.29 is 19.4 Å². The van der Waals surface area contributed by atoms with Crippen LogP contribution in [0.4, 0.5) is 10.1 Å². The molecule has 2 aromatic carbocycles. The summed E-state index contributed by atoms with van der Waals surface area (Å²) in [5, 5.41) is 18.4. The van der Waals surface area contributed by atoms with Crippen molar-refractivity contribution in [2.24, 2.45) is 0 Å². The molecule has 5 heteroatoms. The number of aryl methyl sites for hydroxylation is 1. The number of anilines is 1. The number of benzene rings is 2. The maximum atomic E-state index is 13.3. The summed E-state index contributed by atoms with van der Waals surface area (Å²) < 4.78 is 13.3. The van der Waals surface area contributed by atoms with E-state index in [-0.39, 0.29) is 18.8 Å². The molecule has 2 N–H and O–H groups in total. The molecular formula is C16H16FNO3. The van der Waals surface area contributed by atoms with Gasteiger partial charge in [-0.25, -0.2) is 4.39 Å². The molecule has 0 bridgehead atoms. The number of carboxylic acids is 1. The highest BCUT2D eigenvalue weighted by atomic mass is 19.1. The van der Waals surface area contributed by atoms with Crippen molar-refractivity contribution in [3.8, 4) is 5.75 Å². The fraction of sp³-hybridized carbons (Fsp3) is 0.188. The van der Waals surface area contributed by atoms with Gasteiger partial charge in [0, 0.05) is 18.3 Å². The molecule has 2 aromatic rings. The van der Waals surface area contributed by atoms with Gasteiger partial charge in [-0.1, -0.05) is 17.7 Å². The van der Waals surface area contributed by atoms with Crippen molar-refractivity contribution in [2.45, 2.75) is 13.5 Å². The van der Waals surface area contributed by atoms with Gasteiger partial charge in [-0.05, 0) is 36.8 Å². The summed E-state index contributed by atoms with van der Waals surface area (Å²) in [6, 6.07) is 11.1. The first-order chi connectivity index (χ1) is 9.94. The number of aliphatic carboxylic acids is 1. The van der Waals surface area contributed by atoms with Gasteiger partial charge in [0.05, 0.1) is 0 Å². The number of carboxylic acid groups (broad SMARTS) is 1. The fourth-order valence-corrected chi connectivity index (χ4v) is 2.10. The van der Waals surface area contributed by atoms with Crippen molar-refractivity contribution in [3.63, 3.8) is 0 Å². The average Bonchev–Trinajstić information content (AvgIpc) is 2.37. The molecule has 0 unspecified atom stereocenters. The average molecular weight is 289 g/mol. The smallest absolute Gasteiger partial charge is 0.323 e. The quantitative estimate of drug-likeness (QED) is 0.888. The van der Waals surface area contributed by atoms with Crippen LogP contribution in [-0.2, 0) is 11.3 Å². The van der Waals surface area contributed by atoms with E-state index in [1.807, 2.05) is 31.2 Å². The minimum atomic E-state index is -0.976. The van der Waals surface area contributed by atoms with E-state index in [1.165, 1.54) is 12.1 Å². The summed E-state index contributed by atoms with van der Waals surface area (Å²) in [7, 11) is 0. The summed E-state index contributed by atoms with van der Waals surface area (Å²) in [4.78, 5) is 12.6. The summed E-state index contributed by atoms with van der Waals surface area (Å²) in [5.74, 6) is -1.70. The zero-order valence-corrected chi connectivity index (χ0v) is 11.6. The SMILES string of the molecule is Cc1ccc(N(CC(=O)O)Cc2cc(O)cc(F)c2)cc1. The molecule has 0 radical (unpaired) electrons. The van der Waals surface area contributed by atoms with Gasteiger partial charge in [0.1, 0.15) is 18.1 Å². The normalized spacial score (nSPS) is 10.4. The highest BCUT2D eigenvalue weighted by Crippen LogP contribution is 2.21. The van der Waals surface area contributed by atoms with E-state index in [0.717, 1.165) is 17.3 Å². The monoisotopic (exact) mass is 289 g/mol. The molecular weight excluding hydrogens is 273 g/mol. The van der Waals surface area contributed by atoms with Crippen LogP contribution >= 0.6 is 0 Å². The molecule has 0 saturated heterocycles. The number of carbonyl (C=O) groups is 1. The number of phenolic OH excluding ortho intramolecular Hbond substituents is 1. The largest absolute Gasteiger partial charge is 0.508 e. The molecule has 0 aromatic heterocycles. The summed E-state index contributed by atoms with van der Waals surface area (Å²) in [6.07, 6.45) is 0. The lowest BCUT2D eigenvalue weighted by Crippen LogP contribution is -2.29. The molecule has 0 aliphatic heterocycles. The summed E-state index contributed by atoms with van der Waals surface area (Å²) in [6.45, 7) is 1.93. The minimum absolute atomic E-state index is 0.177. The molecule has 0 atom stereocenters. The van der Waals surface area contributed by atoms with E-state index in [4.69, 9.17) is 5.11 Å². The number of hydrogen-bond acceptors (Lipinski definition) is 3. The number of aromatic hydroxyl groups is 1. The van der Waals surface area contributed by atoms with Crippen molar-refractivity contribution in [1.29, 1.82) is 0 Å². The van der Waals surface area contributed by atoms with E-state index >= 15 is 0 Å². The molecule has 0 heterocycles. The second-order valence-corrected chi connectivity index (χ2v) is 4.90. The summed E-state index contributed by atoms with van der Waals surface area (Å²) >= 11 is 0. The van der Waals surface area contributed by atoms with Crippen LogP contribution in [-0.4, -0.2) is 22.7 Å². The lowest BCUT2D eigenvalue weighted by Gasteiger charge is -2.23. The predicted octanol–water partition coefficient (Wildman–Crippen LogP) is 2.93. The standard InChI is InChI=1S/C16H16FNO3/c1-11-2-4-14(5-3-11)18(10-16(20)21)9-12-6-13(17)8-15(19)7-12/h2-8,19H,9-10H2,1H3,(H,20,21). The van der Waals surface area contributed by atoms with Crippen molar-refractivity contribution >= 4 is 11.7 Å². The van der Waals surface area contributed by atoms with Gasteiger partial charge in [0.15, 0.2) is 0 Å². The molecule has 2 rings (SSSR count). The Labute approximate surface area is 122 Å². The summed E-state index contributed by atoms with van der Waals surface area (Å²) in [5.41, 5.74) is 2.30. The molecule has 4 nitrogen and oxygen atoms in total. The molecule has 0 aliphatic rings. The van der Waals surface area contributed by atoms with Crippen LogP contribution in [0.15, 0.2) is 42.5 Å². The van der Waals surface area contributed by atoms with E-state index < -0.39 is 11.8 Å². The van der Waals surface area contributed by atoms with Crippen LogP contribution < -0.4 is 4.90 Å². The van der Waals surface area contributed by atoms with Gasteiger partial charge in [-0.15, -0.1) is 0 Å². The van der Waals surface area contributed by atoms with Crippen LogP contribution in [0.5, 0.6) is 5.75 Å². The van der Waals surface area contributed by atoms with Crippen LogP contribution in [0, 0.1) is 12.7 Å². The van der Waals surface area contributed by atoms with Crippen molar-refractivity contribution in [2.75, 3.05) is 11.4 Å². The van der Waals surface area contributed by atoms with E-state index in [1.54, 1.807) is 4.90 Å². The Bertz CT molecular complexity index is 620. The number of rotatable bonds is 5. The molecule has 0 spiro atoms. The first-order valence-electron chi connectivity index (χ1n) is 6.46. The number of phenols is 1. The molecule has 0 saturated carbocycles. The van der Waals surface area contributed by atoms with Crippen LogP contribution in [0.3, 0.4) is 0 Å². The highest BCUT2D eigenvalue weighted by Gasteiger charge is 2.12. The van der Waals surface area contributed by atoms with Crippen LogP contribution in [0.25, 0.3) is 0 Å². The third kappa shape index (κ3) is 4.21. The highest BCUT2D eigenvalue weighted by molar-refractivity contribution is 5.73. The second-order valence-electron chi connectivity index (χ2n) is 4.90. The first kappa shape index (κ1) is 14.8. The van der Waals surface area contributed by atoms with E-state index in [9.17, 15) is 14.3 Å². The fourth-order valence-electron chi connectivity index (χ4n) is 2.10.